The minimum absolute atomic E-state index is 0.0912. The lowest BCUT2D eigenvalue weighted by molar-refractivity contribution is 0.112. The molecule has 11 aromatic carbocycles. The number of aryl methyl sites for hydroxylation is 6. The predicted octanol–water partition coefficient (Wildman–Crippen LogP) is 21.4. The third-order valence-corrected chi connectivity index (χ3v) is 20.4. The number of benzene rings is 11. The Morgan fingerprint density at radius 1 is 0.440 bits per heavy atom. The van der Waals surface area contributed by atoms with Crippen molar-refractivity contribution in [2.75, 3.05) is 21.3 Å². The van der Waals surface area contributed by atoms with E-state index in [0.29, 0.717) is 5.56 Å². The van der Waals surface area contributed by atoms with Crippen LogP contribution in [0.15, 0.2) is 121 Å². The number of hydrogen-bond acceptors (Lipinski definition) is 4. The first-order valence-corrected chi connectivity index (χ1v) is 30.2. The normalized spacial score (nSPS) is 17.0. The van der Waals surface area contributed by atoms with Crippen molar-refractivity contribution >= 4 is 70.9 Å². The number of fused-ring (bicyclic) bond motifs is 5. The van der Waals surface area contributed by atoms with Crippen molar-refractivity contribution in [1.82, 2.24) is 0 Å². The zero-order chi connectivity index (χ0) is 59.9. The van der Waals surface area contributed by atoms with Crippen LogP contribution in [-0.2, 0) is 26.4 Å². The van der Waals surface area contributed by atoms with E-state index in [9.17, 15) is 4.79 Å². The molecule has 0 spiro atoms. The van der Waals surface area contributed by atoms with Crippen molar-refractivity contribution in [2.45, 2.75) is 139 Å². The van der Waals surface area contributed by atoms with Crippen molar-refractivity contribution in [3.8, 4) is 56.0 Å². The maximum atomic E-state index is 12.6. The summed E-state index contributed by atoms with van der Waals surface area (Å²) in [5.41, 5.74) is 24.2. The van der Waals surface area contributed by atoms with E-state index in [2.05, 4.69) is 227 Å². The van der Waals surface area contributed by atoms with Gasteiger partial charge in [0.1, 0.15) is 23.5 Å². The Hall–Kier alpha value is -7.95. The summed E-state index contributed by atoms with van der Waals surface area (Å²) in [5.74, 6) is 2.72. The smallest absolute Gasteiger partial charge is 0.150 e. The molecule has 11 aromatic rings. The van der Waals surface area contributed by atoms with E-state index in [1.165, 1.54) is 165 Å². The molecular formula is C80H80O4. The van der Waals surface area contributed by atoms with Crippen LogP contribution in [0.3, 0.4) is 0 Å². The van der Waals surface area contributed by atoms with Gasteiger partial charge in [0.25, 0.3) is 0 Å². The van der Waals surface area contributed by atoms with Crippen molar-refractivity contribution in [3.05, 3.63) is 187 Å². The van der Waals surface area contributed by atoms with Gasteiger partial charge in [-0.3, -0.25) is 4.79 Å². The molecule has 13 rings (SSSR count). The first-order valence-electron chi connectivity index (χ1n) is 30.2. The lowest BCUT2D eigenvalue weighted by Crippen LogP contribution is -2.34. The molecule has 0 fully saturated rings. The molecule has 2 atom stereocenters. The van der Waals surface area contributed by atoms with E-state index in [1.807, 2.05) is 0 Å². The van der Waals surface area contributed by atoms with Crippen LogP contribution in [0.5, 0.6) is 11.5 Å². The fourth-order valence-electron chi connectivity index (χ4n) is 16.1. The second kappa shape index (κ2) is 18.5. The number of carbonyl (C=O) groups excluding carboxylic acids is 1. The monoisotopic (exact) mass is 1100 g/mol. The molecule has 84 heavy (non-hydrogen) atoms. The highest BCUT2D eigenvalue weighted by molar-refractivity contribution is 6.34. The molecular weight excluding hydrogens is 1020 g/mol. The summed E-state index contributed by atoms with van der Waals surface area (Å²) in [6, 6.07) is 38.3. The van der Waals surface area contributed by atoms with E-state index in [1.54, 1.807) is 21.3 Å². The quantitative estimate of drug-likeness (QED) is 0.112. The molecule has 0 N–H and O–H groups in total. The standard InChI is InChI=1S/C80H80O4/c1-40-21-48(39-81)22-41(2)66(40)59-34-50-30-54(78(12,13)14)32-52-36-65(80(17)46(7)27-57(84-20)28-47(80)8)74-72(70(50)52)61(59)38-63-62-37-60-58(67-42(3)23-55(82-18)24-43(67)4)33-49-29-53(77(9,10)11)31-51-35-64(68-44(5)25-56(83-19)26-45(68)6)73(71(60)69(49)51)75(62)79(15,16)76(63)74/h21-39,46H,1-20H3. The fraction of sp³-hybridized carbons (Fsp3) is 0.312. The summed E-state index contributed by atoms with van der Waals surface area (Å²) in [5, 5.41) is 15.3. The second-order valence-electron chi connectivity index (χ2n) is 28.1. The molecule has 2 unspecified atom stereocenters. The van der Waals surface area contributed by atoms with Crippen LogP contribution in [0.2, 0.25) is 0 Å². The van der Waals surface area contributed by atoms with Crippen LogP contribution in [0.4, 0.5) is 0 Å². The van der Waals surface area contributed by atoms with E-state index in [0.717, 1.165) is 34.7 Å². The number of hydrogen-bond donors (Lipinski definition) is 0. The number of aldehydes is 1. The van der Waals surface area contributed by atoms with Crippen molar-refractivity contribution < 1.29 is 19.0 Å². The summed E-state index contributed by atoms with van der Waals surface area (Å²) in [6.07, 6.45) is 5.61. The summed E-state index contributed by atoms with van der Waals surface area (Å²) in [7, 11) is 5.34. The van der Waals surface area contributed by atoms with Crippen LogP contribution >= 0.6 is 0 Å². The van der Waals surface area contributed by atoms with Gasteiger partial charge in [-0.05, 0) is 321 Å². The van der Waals surface area contributed by atoms with Crippen LogP contribution in [0.25, 0.3) is 109 Å². The average molecular weight is 1110 g/mol. The van der Waals surface area contributed by atoms with Gasteiger partial charge in [0, 0.05) is 16.4 Å². The lowest BCUT2D eigenvalue weighted by Gasteiger charge is -2.41. The Morgan fingerprint density at radius 3 is 1.24 bits per heavy atom. The third-order valence-electron chi connectivity index (χ3n) is 20.4. The zero-order valence-electron chi connectivity index (χ0n) is 53.2. The molecule has 4 heteroatoms. The maximum Gasteiger partial charge on any atom is 0.150 e. The topological polar surface area (TPSA) is 44.8 Å². The predicted molar refractivity (Wildman–Crippen MR) is 357 cm³/mol. The van der Waals surface area contributed by atoms with Gasteiger partial charge in [0.2, 0.25) is 0 Å². The van der Waals surface area contributed by atoms with Crippen LogP contribution in [-0.4, -0.2) is 27.6 Å². The highest BCUT2D eigenvalue weighted by Gasteiger charge is 2.46. The number of allylic oxidation sites excluding steroid dienone is 3. The third kappa shape index (κ3) is 7.73. The van der Waals surface area contributed by atoms with E-state index in [4.69, 9.17) is 14.2 Å². The summed E-state index contributed by atoms with van der Waals surface area (Å²) in [6.45, 7) is 39.7. The van der Waals surface area contributed by atoms with Gasteiger partial charge in [-0.1, -0.05) is 99.1 Å². The molecule has 0 amide bonds. The van der Waals surface area contributed by atoms with Crippen LogP contribution in [0, 0.1) is 47.5 Å². The maximum absolute atomic E-state index is 12.6. The molecule has 0 heterocycles. The number of carbonyl (C=O) groups is 1. The van der Waals surface area contributed by atoms with Crippen molar-refractivity contribution in [3.63, 3.8) is 0 Å². The summed E-state index contributed by atoms with van der Waals surface area (Å²) in [4.78, 5) is 12.6. The Labute approximate surface area is 497 Å². The molecule has 424 valence electrons. The molecule has 2 aliphatic rings. The highest BCUT2D eigenvalue weighted by atomic mass is 16.5. The van der Waals surface area contributed by atoms with Gasteiger partial charge in [0.15, 0.2) is 0 Å². The van der Waals surface area contributed by atoms with Crippen molar-refractivity contribution in [1.29, 1.82) is 0 Å². The SMILES string of the molecule is COC1=CC(C)C(C)(c2cc3cc(C(C)(C)C)cc4cc(-c5c(C)cc(C=O)cc5C)c5cc6c(c2c5c43)C(C)(C)c2c-6cc3c(-c4c(C)cc(OC)cc4C)cc4cc(C(C)(C)C)cc5cc(-c6c(C)cc(OC)cc6C)c2c3c45)C(C)=C1. The largest absolute Gasteiger partial charge is 0.497 e. The highest BCUT2D eigenvalue weighted by Crippen LogP contribution is 2.63. The second-order valence-corrected chi connectivity index (χ2v) is 28.1. The molecule has 0 saturated carbocycles. The number of ether oxygens (including phenoxy) is 3. The Kier molecular flexibility index (Phi) is 12.2. The van der Waals surface area contributed by atoms with Crippen molar-refractivity contribution in [2.24, 2.45) is 5.92 Å². The Morgan fingerprint density at radius 2 is 0.833 bits per heavy atom. The summed E-state index contributed by atoms with van der Waals surface area (Å²) < 4.78 is 18.0. The van der Waals surface area contributed by atoms with E-state index in [-0.39, 0.29) is 16.7 Å². The molecule has 2 aliphatic carbocycles. The fourth-order valence-corrected chi connectivity index (χ4v) is 16.1. The molecule has 0 aliphatic heterocycles. The van der Waals surface area contributed by atoms with Gasteiger partial charge in [-0.2, -0.15) is 0 Å². The lowest BCUT2D eigenvalue weighted by atomic mass is 9.62. The molecule has 0 radical (unpaired) electrons. The van der Waals surface area contributed by atoms with E-state index < -0.39 is 10.8 Å². The first-order chi connectivity index (χ1) is 39.6. The first kappa shape index (κ1) is 55.3. The van der Waals surface area contributed by atoms with Gasteiger partial charge in [-0.25, -0.2) is 0 Å². The molecule has 4 nitrogen and oxygen atoms in total. The molecule has 0 aromatic heterocycles. The van der Waals surface area contributed by atoms with E-state index >= 15 is 0 Å². The van der Waals surface area contributed by atoms with Gasteiger partial charge in [0.05, 0.1) is 21.3 Å². The zero-order valence-corrected chi connectivity index (χ0v) is 53.2. The summed E-state index contributed by atoms with van der Waals surface area (Å²) >= 11 is 0. The molecule has 0 bridgehead atoms. The van der Waals surface area contributed by atoms with Gasteiger partial charge < -0.3 is 14.2 Å². The number of methoxy groups -OCH3 is 3. The van der Waals surface area contributed by atoms with Crippen LogP contribution in [0.1, 0.15) is 148 Å². The van der Waals surface area contributed by atoms with Gasteiger partial charge in [-0.15, -0.1) is 0 Å². The van der Waals surface area contributed by atoms with Crippen LogP contribution < -0.4 is 9.47 Å². The van der Waals surface area contributed by atoms with Gasteiger partial charge >= 0.3 is 0 Å². The minimum atomic E-state index is -0.538. The Bertz CT molecular complexity index is 4680. The minimum Gasteiger partial charge on any atom is -0.497 e. The average Bonchev–Trinajstić information content (AvgIpc) is 1.40. The molecule has 0 saturated heterocycles. The Balaban J connectivity index is 1.32. The number of rotatable bonds is 8.